The molecule has 0 radical (unpaired) electrons. The lowest BCUT2D eigenvalue weighted by Crippen LogP contribution is -2.48. The molecular weight excluding hydrogens is 474 g/mol. The summed E-state index contributed by atoms with van der Waals surface area (Å²) in [6, 6.07) is 14.9. The Morgan fingerprint density at radius 3 is 2.87 bits per heavy atom. The number of nitrogens with one attached hydrogen (secondary N) is 1. The molecule has 202 valence electrons. The number of hydrogen-bond acceptors (Lipinski definition) is 4. The molecule has 38 heavy (non-hydrogen) atoms. The summed E-state index contributed by atoms with van der Waals surface area (Å²) < 4.78 is 2.95. The van der Waals surface area contributed by atoms with E-state index < -0.39 is 5.97 Å². The number of hydrogen-bond donors (Lipinski definition) is 2. The number of aromatic nitrogens is 3. The van der Waals surface area contributed by atoms with E-state index in [4.69, 9.17) is 4.98 Å². The van der Waals surface area contributed by atoms with Gasteiger partial charge in [0.1, 0.15) is 5.82 Å². The van der Waals surface area contributed by atoms with Gasteiger partial charge in [-0.1, -0.05) is 18.2 Å². The summed E-state index contributed by atoms with van der Waals surface area (Å²) in [4.78, 5) is 16.9. The minimum absolute atomic E-state index is 0.0310. The fourth-order valence-electron chi connectivity index (χ4n) is 6.63. The third-order valence-electron chi connectivity index (χ3n) is 8.71. The maximum Gasteiger partial charge on any atom is 0.304 e. The molecule has 7 heteroatoms. The number of fused-ring (bicyclic) bond motifs is 1. The van der Waals surface area contributed by atoms with Crippen molar-refractivity contribution in [2.24, 2.45) is 5.92 Å². The fourth-order valence-corrected chi connectivity index (χ4v) is 6.63. The zero-order valence-corrected chi connectivity index (χ0v) is 23.1. The van der Waals surface area contributed by atoms with Crippen LogP contribution in [0.2, 0.25) is 0 Å². The number of benzene rings is 1. The molecule has 1 aromatic carbocycles. The van der Waals surface area contributed by atoms with E-state index in [-0.39, 0.29) is 12.3 Å². The maximum atomic E-state index is 12.0. The quantitative estimate of drug-likeness (QED) is 0.358. The second kappa shape index (κ2) is 11.3. The van der Waals surface area contributed by atoms with Gasteiger partial charge in [0.2, 0.25) is 0 Å². The van der Waals surface area contributed by atoms with Gasteiger partial charge in [0, 0.05) is 36.2 Å². The Kier molecular flexibility index (Phi) is 7.84. The molecule has 2 aromatic heterocycles. The van der Waals surface area contributed by atoms with Crippen molar-refractivity contribution in [3.63, 3.8) is 0 Å². The normalized spacial score (nSPS) is 21.6. The number of anilines is 1. The number of likely N-dealkylation sites (tertiary alicyclic amines) is 1. The third-order valence-corrected chi connectivity index (χ3v) is 8.71. The molecule has 0 spiro atoms. The number of rotatable bonds is 10. The highest BCUT2D eigenvalue weighted by Gasteiger charge is 2.39. The molecule has 2 aliphatic rings. The van der Waals surface area contributed by atoms with Crippen LogP contribution < -0.4 is 5.32 Å². The minimum Gasteiger partial charge on any atom is -0.481 e. The van der Waals surface area contributed by atoms with Crippen molar-refractivity contribution in [1.82, 2.24) is 14.8 Å². The van der Waals surface area contributed by atoms with Gasteiger partial charge in [-0.15, -0.1) is 0 Å². The highest BCUT2D eigenvalue weighted by Crippen LogP contribution is 2.34. The molecule has 3 atom stereocenters. The van der Waals surface area contributed by atoms with Crippen LogP contribution in [0.4, 0.5) is 5.82 Å². The predicted molar refractivity (Wildman–Crippen MR) is 151 cm³/mol. The molecule has 2 aliphatic heterocycles. The van der Waals surface area contributed by atoms with Gasteiger partial charge in [0.25, 0.3) is 0 Å². The Labute approximate surface area is 226 Å². The molecule has 7 nitrogen and oxygen atoms in total. The van der Waals surface area contributed by atoms with Gasteiger partial charge >= 0.3 is 5.97 Å². The number of aryl methyl sites for hydroxylation is 4. The van der Waals surface area contributed by atoms with Crippen molar-refractivity contribution in [1.29, 1.82) is 0 Å². The van der Waals surface area contributed by atoms with Crippen LogP contribution in [-0.4, -0.2) is 63.0 Å². The van der Waals surface area contributed by atoms with Crippen molar-refractivity contribution in [3.05, 3.63) is 70.7 Å². The van der Waals surface area contributed by atoms with E-state index in [0.29, 0.717) is 5.92 Å². The molecule has 0 aliphatic carbocycles. The first-order valence-electron chi connectivity index (χ1n) is 14.3. The van der Waals surface area contributed by atoms with Gasteiger partial charge in [-0.2, -0.15) is 5.10 Å². The molecule has 3 aromatic rings. The monoisotopic (exact) mass is 516 g/mol. The number of carboxylic acid groups (broad SMARTS) is 1. The maximum absolute atomic E-state index is 12.0. The van der Waals surface area contributed by atoms with E-state index in [1.54, 1.807) is 0 Å². The lowest BCUT2D eigenvalue weighted by molar-refractivity contribution is -0.917. The van der Waals surface area contributed by atoms with Crippen molar-refractivity contribution >= 4 is 11.8 Å². The van der Waals surface area contributed by atoms with Crippen molar-refractivity contribution in [2.45, 2.75) is 65.2 Å². The Morgan fingerprint density at radius 2 is 2.11 bits per heavy atom. The first-order valence-corrected chi connectivity index (χ1v) is 14.3. The van der Waals surface area contributed by atoms with Crippen LogP contribution >= 0.6 is 0 Å². The summed E-state index contributed by atoms with van der Waals surface area (Å²) in [6.07, 6.45) is 5.80. The Morgan fingerprint density at radius 1 is 1.24 bits per heavy atom. The van der Waals surface area contributed by atoms with E-state index >= 15 is 0 Å². The van der Waals surface area contributed by atoms with Crippen LogP contribution in [0.1, 0.15) is 66.7 Å². The number of carboxylic acids is 1. The summed E-state index contributed by atoms with van der Waals surface area (Å²) >= 11 is 0. The first kappa shape index (κ1) is 26.4. The summed E-state index contributed by atoms with van der Waals surface area (Å²) in [5, 5.41) is 17.9. The molecule has 2 N–H and O–H groups in total. The summed E-state index contributed by atoms with van der Waals surface area (Å²) in [5.74, 6) is 0.963. The Bertz CT molecular complexity index is 1290. The molecule has 0 unspecified atom stereocenters. The van der Waals surface area contributed by atoms with Crippen LogP contribution in [-0.2, 0) is 17.6 Å². The van der Waals surface area contributed by atoms with Gasteiger partial charge in [-0.3, -0.25) is 4.79 Å². The number of quaternary nitrogens is 1. The predicted octanol–water partition coefficient (Wildman–Crippen LogP) is 5.29. The number of nitrogens with zero attached hydrogens (tertiary/aromatic N) is 4. The fraction of sp³-hybridized carbons (Fsp3) is 0.516. The van der Waals surface area contributed by atoms with Crippen LogP contribution in [0.3, 0.4) is 0 Å². The zero-order chi connectivity index (χ0) is 26.7. The van der Waals surface area contributed by atoms with Crippen LogP contribution in [0.5, 0.6) is 0 Å². The summed E-state index contributed by atoms with van der Waals surface area (Å²) in [6.45, 7) is 11.5. The van der Waals surface area contributed by atoms with Crippen LogP contribution in [0.25, 0.3) is 5.69 Å². The van der Waals surface area contributed by atoms with Gasteiger partial charge < -0.3 is 14.9 Å². The molecular formula is C31H42N5O2+. The minimum atomic E-state index is -0.733. The molecule has 0 saturated carbocycles. The van der Waals surface area contributed by atoms with Crippen molar-refractivity contribution in [2.75, 3.05) is 38.0 Å². The number of carbonyl (C=O) groups is 1. The van der Waals surface area contributed by atoms with Crippen molar-refractivity contribution < 1.29 is 14.4 Å². The lowest BCUT2D eigenvalue weighted by atomic mass is 9.93. The lowest BCUT2D eigenvalue weighted by Gasteiger charge is -2.37. The molecule has 4 heterocycles. The van der Waals surface area contributed by atoms with E-state index in [1.165, 1.54) is 24.1 Å². The number of aliphatic carboxylic acids is 1. The number of pyridine rings is 1. The standard InChI is InChI=1S/C31H41N5O2/c1-4-36(16-14-24(20-36)10-12-28-13-11-25-8-6-15-32-31(25)33-28)21-27(19-30(37)38)26-7-5-9-29(18-26)35-23(3)17-22(2)34-35/h5,7,9,11,13,17-18,24,27H,4,6,8,10,12,14-16,19-21H2,1-3H3,(H-,32,33,37,38)/p+1/t24-,27-,36+/m1/s1. The molecule has 1 saturated heterocycles. The average molecular weight is 517 g/mol. The highest BCUT2D eigenvalue weighted by atomic mass is 16.4. The Balaban J connectivity index is 1.28. The molecule has 5 rings (SSSR count). The molecule has 0 amide bonds. The third kappa shape index (κ3) is 5.93. The van der Waals surface area contributed by atoms with Gasteiger partial charge in [0.05, 0.1) is 44.0 Å². The van der Waals surface area contributed by atoms with E-state index in [1.807, 2.05) is 17.7 Å². The summed E-state index contributed by atoms with van der Waals surface area (Å²) in [5.41, 5.74) is 6.68. The van der Waals surface area contributed by atoms with Crippen molar-refractivity contribution in [3.8, 4) is 5.69 Å². The second-order valence-electron chi connectivity index (χ2n) is 11.5. The second-order valence-corrected chi connectivity index (χ2v) is 11.5. The highest BCUT2D eigenvalue weighted by molar-refractivity contribution is 5.68. The largest absolute Gasteiger partial charge is 0.481 e. The van der Waals surface area contributed by atoms with Crippen LogP contribution in [0, 0.1) is 19.8 Å². The van der Waals surface area contributed by atoms with E-state index in [0.717, 1.165) is 84.9 Å². The van der Waals surface area contributed by atoms with E-state index in [2.05, 4.69) is 60.7 Å². The average Bonchev–Trinajstić information content (AvgIpc) is 3.49. The zero-order valence-electron chi connectivity index (χ0n) is 23.1. The smallest absolute Gasteiger partial charge is 0.304 e. The SMILES string of the molecule is CC[N@+]1(C[C@@H](CC(=O)O)c2cccc(-n3nc(C)cc3C)c2)CC[C@@H](CCc2ccc3c(n2)NCCC3)C1. The summed E-state index contributed by atoms with van der Waals surface area (Å²) in [7, 11) is 0. The van der Waals surface area contributed by atoms with Gasteiger partial charge in [-0.25, -0.2) is 9.67 Å². The molecule has 1 fully saturated rings. The van der Waals surface area contributed by atoms with Gasteiger partial charge in [0.15, 0.2) is 0 Å². The Hall–Kier alpha value is -3.19. The first-order chi connectivity index (χ1) is 18.3. The molecule has 0 bridgehead atoms. The van der Waals surface area contributed by atoms with Crippen LogP contribution in [0.15, 0.2) is 42.5 Å². The number of likely N-dealkylation sites (N-methyl/N-ethyl adjacent to an activating group) is 1. The van der Waals surface area contributed by atoms with Gasteiger partial charge in [-0.05, 0) is 81.8 Å². The topological polar surface area (TPSA) is 80.0 Å². The van der Waals surface area contributed by atoms with E-state index in [9.17, 15) is 9.90 Å².